The van der Waals surface area contributed by atoms with Gasteiger partial charge in [-0.3, -0.25) is 4.79 Å². The first-order chi connectivity index (χ1) is 11.1. The van der Waals surface area contributed by atoms with Crippen molar-refractivity contribution >= 4 is 12.0 Å². The number of carbonyl (C=O) groups is 1. The van der Waals surface area contributed by atoms with Gasteiger partial charge in [0.05, 0.1) is 7.11 Å². The minimum atomic E-state index is -0.282. The van der Waals surface area contributed by atoms with E-state index in [-0.39, 0.29) is 17.5 Å². The van der Waals surface area contributed by atoms with Gasteiger partial charge in [0.15, 0.2) is 11.5 Å². The van der Waals surface area contributed by atoms with E-state index >= 15 is 0 Å². The second-order valence-electron chi connectivity index (χ2n) is 4.94. The number of rotatable bonds is 6. The average Bonchev–Trinajstić information content (AvgIpc) is 2.54. The summed E-state index contributed by atoms with van der Waals surface area (Å²) in [5, 5.41) is 12.2. The van der Waals surface area contributed by atoms with Crippen LogP contribution in [0, 0.1) is 5.82 Å². The Morgan fingerprint density at radius 1 is 1.30 bits per heavy atom. The number of phenols is 1. The van der Waals surface area contributed by atoms with E-state index < -0.39 is 0 Å². The number of nitrogens with one attached hydrogen (secondary N) is 1. The van der Waals surface area contributed by atoms with Gasteiger partial charge in [-0.25, -0.2) is 4.39 Å². The molecule has 1 amide bonds. The van der Waals surface area contributed by atoms with Crippen molar-refractivity contribution in [2.24, 2.45) is 0 Å². The second-order valence-corrected chi connectivity index (χ2v) is 4.94. The quantitative estimate of drug-likeness (QED) is 0.806. The molecule has 2 aromatic carbocycles. The van der Waals surface area contributed by atoms with Crippen LogP contribution in [0.4, 0.5) is 4.39 Å². The van der Waals surface area contributed by atoms with Gasteiger partial charge in [-0.2, -0.15) is 0 Å². The lowest BCUT2D eigenvalue weighted by molar-refractivity contribution is -0.116. The molecule has 5 heteroatoms. The number of ether oxygens (including phenoxy) is 1. The van der Waals surface area contributed by atoms with Gasteiger partial charge >= 0.3 is 0 Å². The van der Waals surface area contributed by atoms with Crippen LogP contribution in [0.15, 0.2) is 48.5 Å². The van der Waals surface area contributed by atoms with Crippen LogP contribution in [0.3, 0.4) is 0 Å². The first-order valence-corrected chi connectivity index (χ1v) is 7.16. The molecule has 0 bridgehead atoms. The largest absolute Gasteiger partial charge is 0.504 e. The lowest BCUT2D eigenvalue weighted by Crippen LogP contribution is -2.23. The Morgan fingerprint density at radius 3 is 2.87 bits per heavy atom. The summed E-state index contributed by atoms with van der Waals surface area (Å²) >= 11 is 0. The summed E-state index contributed by atoms with van der Waals surface area (Å²) in [4.78, 5) is 11.7. The molecule has 0 aliphatic rings. The van der Waals surface area contributed by atoms with E-state index in [0.717, 1.165) is 11.1 Å². The zero-order valence-corrected chi connectivity index (χ0v) is 12.8. The molecule has 0 spiro atoms. The van der Waals surface area contributed by atoms with E-state index in [1.165, 1.54) is 31.4 Å². The van der Waals surface area contributed by atoms with Gasteiger partial charge in [0.25, 0.3) is 0 Å². The lowest BCUT2D eigenvalue weighted by atomic mass is 10.1. The van der Waals surface area contributed by atoms with Gasteiger partial charge < -0.3 is 15.2 Å². The zero-order chi connectivity index (χ0) is 16.7. The zero-order valence-electron chi connectivity index (χ0n) is 12.8. The van der Waals surface area contributed by atoms with Crippen LogP contribution in [0.5, 0.6) is 11.5 Å². The van der Waals surface area contributed by atoms with Crippen molar-refractivity contribution in [3.63, 3.8) is 0 Å². The highest BCUT2D eigenvalue weighted by Gasteiger charge is 2.01. The molecule has 2 rings (SSSR count). The SMILES string of the molecule is COc1cc(/C=C/C(=O)NCCc2cccc(F)c2)ccc1O. The van der Waals surface area contributed by atoms with Gasteiger partial charge in [-0.15, -0.1) is 0 Å². The number of amides is 1. The molecule has 2 aromatic rings. The number of phenolic OH excluding ortho intramolecular Hbond substituents is 1. The molecule has 0 atom stereocenters. The molecule has 0 unspecified atom stereocenters. The Balaban J connectivity index is 1.84. The van der Waals surface area contributed by atoms with Crippen molar-refractivity contribution in [3.05, 3.63) is 65.5 Å². The van der Waals surface area contributed by atoms with Crippen molar-refractivity contribution in [1.29, 1.82) is 0 Å². The van der Waals surface area contributed by atoms with E-state index in [2.05, 4.69) is 5.32 Å². The second kappa shape index (κ2) is 7.98. The highest BCUT2D eigenvalue weighted by Crippen LogP contribution is 2.26. The first-order valence-electron chi connectivity index (χ1n) is 7.16. The van der Waals surface area contributed by atoms with Crippen molar-refractivity contribution in [3.8, 4) is 11.5 Å². The summed E-state index contributed by atoms with van der Waals surface area (Å²) in [5.41, 5.74) is 1.57. The summed E-state index contributed by atoms with van der Waals surface area (Å²) < 4.78 is 18.0. The van der Waals surface area contributed by atoms with Gasteiger partial charge in [0.2, 0.25) is 5.91 Å². The fourth-order valence-corrected chi connectivity index (χ4v) is 2.05. The number of hydrogen-bond acceptors (Lipinski definition) is 3. The highest BCUT2D eigenvalue weighted by molar-refractivity contribution is 5.91. The number of carbonyl (C=O) groups excluding carboxylic acids is 1. The molecule has 0 saturated heterocycles. The molecule has 0 aromatic heterocycles. The predicted octanol–water partition coefficient (Wildman–Crippen LogP) is 2.91. The van der Waals surface area contributed by atoms with Crippen molar-refractivity contribution < 1.29 is 19.0 Å². The number of aromatic hydroxyl groups is 1. The molecule has 0 fully saturated rings. The Kier molecular flexibility index (Phi) is 5.74. The fraction of sp³-hybridized carbons (Fsp3) is 0.167. The minimum absolute atomic E-state index is 0.0456. The Hall–Kier alpha value is -2.82. The molecule has 0 saturated carbocycles. The van der Waals surface area contributed by atoms with Crippen LogP contribution in [0.1, 0.15) is 11.1 Å². The van der Waals surface area contributed by atoms with Crippen LogP contribution in [0.2, 0.25) is 0 Å². The van der Waals surface area contributed by atoms with E-state index in [1.807, 2.05) is 6.07 Å². The molecule has 0 aliphatic heterocycles. The average molecular weight is 315 g/mol. The smallest absolute Gasteiger partial charge is 0.244 e. The standard InChI is InChI=1S/C18H18FNO3/c1-23-17-12-14(5-7-16(17)21)6-8-18(22)20-10-9-13-3-2-4-15(19)11-13/h2-8,11-12,21H,9-10H2,1H3,(H,20,22)/b8-6+. The third kappa shape index (κ3) is 5.14. The maximum absolute atomic E-state index is 13.0. The highest BCUT2D eigenvalue weighted by atomic mass is 19.1. The number of hydrogen-bond donors (Lipinski definition) is 2. The van der Waals surface area contributed by atoms with Crippen LogP contribution < -0.4 is 10.1 Å². The third-order valence-corrected chi connectivity index (χ3v) is 3.23. The van der Waals surface area contributed by atoms with Crippen LogP contribution in [0.25, 0.3) is 6.08 Å². The van der Waals surface area contributed by atoms with Crippen LogP contribution >= 0.6 is 0 Å². The van der Waals surface area contributed by atoms with Crippen LogP contribution in [-0.2, 0) is 11.2 Å². The molecule has 120 valence electrons. The molecule has 2 N–H and O–H groups in total. The van der Waals surface area contributed by atoms with Gasteiger partial charge in [-0.1, -0.05) is 18.2 Å². The van der Waals surface area contributed by atoms with E-state index in [4.69, 9.17) is 4.74 Å². The molecule has 0 heterocycles. The maximum atomic E-state index is 13.0. The van der Waals surface area contributed by atoms with Crippen molar-refractivity contribution in [2.75, 3.05) is 13.7 Å². The third-order valence-electron chi connectivity index (χ3n) is 3.23. The molecule has 0 radical (unpaired) electrons. The summed E-state index contributed by atoms with van der Waals surface area (Å²) in [6.07, 6.45) is 3.58. The Morgan fingerprint density at radius 2 is 2.13 bits per heavy atom. The van der Waals surface area contributed by atoms with E-state index in [1.54, 1.807) is 24.3 Å². The summed E-state index contributed by atoms with van der Waals surface area (Å²) in [5.74, 6) is -0.133. The van der Waals surface area contributed by atoms with E-state index in [9.17, 15) is 14.3 Å². The number of benzene rings is 2. The van der Waals surface area contributed by atoms with Crippen molar-refractivity contribution in [1.82, 2.24) is 5.32 Å². The topological polar surface area (TPSA) is 58.6 Å². The summed E-state index contributed by atoms with van der Waals surface area (Å²) in [6, 6.07) is 11.1. The summed E-state index contributed by atoms with van der Waals surface area (Å²) in [6.45, 7) is 0.422. The molecular weight excluding hydrogens is 297 g/mol. The number of halogens is 1. The van der Waals surface area contributed by atoms with Crippen LogP contribution in [-0.4, -0.2) is 24.7 Å². The molecule has 23 heavy (non-hydrogen) atoms. The normalized spacial score (nSPS) is 10.7. The minimum Gasteiger partial charge on any atom is -0.504 e. The number of methoxy groups -OCH3 is 1. The van der Waals surface area contributed by atoms with E-state index in [0.29, 0.717) is 18.7 Å². The maximum Gasteiger partial charge on any atom is 0.244 e. The Labute approximate surface area is 134 Å². The first kappa shape index (κ1) is 16.5. The molecule has 0 aliphatic carbocycles. The van der Waals surface area contributed by atoms with Gasteiger partial charge in [0.1, 0.15) is 5.82 Å². The summed E-state index contributed by atoms with van der Waals surface area (Å²) in [7, 11) is 1.46. The lowest BCUT2D eigenvalue weighted by Gasteiger charge is -2.04. The Bertz CT molecular complexity index is 713. The molecular formula is C18H18FNO3. The predicted molar refractivity (Wildman–Crippen MR) is 86.8 cm³/mol. The monoisotopic (exact) mass is 315 g/mol. The molecule has 4 nitrogen and oxygen atoms in total. The van der Waals surface area contributed by atoms with Gasteiger partial charge in [0, 0.05) is 12.6 Å². The fourth-order valence-electron chi connectivity index (χ4n) is 2.05. The van der Waals surface area contributed by atoms with Crippen molar-refractivity contribution in [2.45, 2.75) is 6.42 Å². The van der Waals surface area contributed by atoms with Gasteiger partial charge in [-0.05, 0) is 47.9 Å².